The minimum Gasteiger partial charge on any atom is -0.506 e. The molecule has 0 radical (unpaired) electrons. The molecular weight excluding hydrogens is 186 g/mol. The molecule has 1 aromatic rings. The number of aromatic hydroxyl groups is 1. The van der Waals surface area contributed by atoms with Gasteiger partial charge in [-0.05, 0) is 30.9 Å². The standard InChI is InChI=1S/C13H19NO/c1-2-3-9-14-10-5-7-11-6-4-8-12(15)13(11)14/h4,6,8,15H,2-3,5,7,9-10H2,1H3. The van der Waals surface area contributed by atoms with E-state index in [1.165, 1.54) is 24.8 Å². The number of rotatable bonds is 3. The Hall–Kier alpha value is -1.18. The van der Waals surface area contributed by atoms with E-state index >= 15 is 0 Å². The molecule has 0 spiro atoms. The van der Waals surface area contributed by atoms with E-state index in [1.807, 2.05) is 6.07 Å². The Balaban J connectivity index is 2.24. The quantitative estimate of drug-likeness (QED) is 0.820. The summed E-state index contributed by atoms with van der Waals surface area (Å²) in [7, 11) is 0. The van der Waals surface area contributed by atoms with Crippen molar-refractivity contribution in [3.8, 4) is 5.75 Å². The van der Waals surface area contributed by atoms with Gasteiger partial charge >= 0.3 is 0 Å². The molecule has 2 heteroatoms. The van der Waals surface area contributed by atoms with Gasteiger partial charge in [0, 0.05) is 13.1 Å². The molecule has 15 heavy (non-hydrogen) atoms. The Morgan fingerprint density at radius 1 is 1.40 bits per heavy atom. The molecule has 82 valence electrons. The molecule has 0 saturated heterocycles. The second kappa shape index (κ2) is 4.56. The zero-order chi connectivity index (χ0) is 10.7. The fourth-order valence-electron chi connectivity index (χ4n) is 2.29. The number of nitrogens with zero attached hydrogens (tertiary/aromatic N) is 1. The van der Waals surface area contributed by atoms with Crippen LogP contribution < -0.4 is 4.90 Å². The topological polar surface area (TPSA) is 23.5 Å². The number of phenols is 1. The Morgan fingerprint density at radius 3 is 3.07 bits per heavy atom. The summed E-state index contributed by atoms with van der Waals surface area (Å²) in [5.74, 6) is 0.448. The lowest BCUT2D eigenvalue weighted by Crippen LogP contribution is -2.30. The van der Waals surface area contributed by atoms with E-state index in [9.17, 15) is 5.11 Å². The normalized spacial score (nSPS) is 15.1. The molecule has 0 aliphatic carbocycles. The highest BCUT2D eigenvalue weighted by molar-refractivity contribution is 5.64. The maximum Gasteiger partial charge on any atom is 0.139 e. The third-order valence-corrected chi connectivity index (χ3v) is 3.07. The highest BCUT2D eigenvalue weighted by Crippen LogP contribution is 2.35. The van der Waals surface area contributed by atoms with Crippen LogP contribution in [0.15, 0.2) is 18.2 Å². The highest BCUT2D eigenvalue weighted by atomic mass is 16.3. The van der Waals surface area contributed by atoms with Crippen molar-refractivity contribution in [3.05, 3.63) is 23.8 Å². The van der Waals surface area contributed by atoms with Crippen LogP contribution in [-0.2, 0) is 6.42 Å². The number of fused-ring (bicyclic) bond motifs is 1. The number of aryl methyl sites for hydroxylation is 1. The summed E-state index contributed by atoms with van der Waals surface area (Å²) in [4.78, 5) is 2.33. The number of hydrogen-bond acceptors (Lipinski definition) is 2. The van der Waals surface area contributed by atoms with E-state index in [1.54, 1.807) is 6.07 Å². The number of hydrogen-bond donors (Lipinski definition) is 1. The van der Waals surface area contributed by atoms with Crippen molar-refractivity contribution in [2.24, 2.45) is 0 Å². The van der Waals surface area contributed by atoms with Crippen molar-refractivity contribution in [1.29, 1.82) is 0 Å². The second-order valence-electron chi connectivity index (χ2n) is 4.23. The van der Waals surface area contributed by atoms with Crippen LogP contribution in [-0.4, -0.2) is 18.2 Å². The van der Waals surface area contributed by atoms with Crippen molar-refractivity contribution in [3.63, 3.8) is 0 Å². The molecule has 1 heterocycles. The average Bonchev–Trinajstić information content (AvgIpc) is 2.26. The predicted molar refractivity (Wildman–Crippen MR) is 63.5 cm³/mol. The zero-order valence-corrected chi connectivity index (χ0v) is 9.37. The first kappa shape index (κ1) is 10.3. The van der Waals surface area contributed by atoms with Crippen LogP contribution in [0.2, 0.25) is 0 Å². The molecule has 0 aromatic heterocycles. The number of anilines is 1. The summed E-state index contributed by atoms with van der Waals surface area (Å²) in [6.07, 6.45) is 4.72. The number of unbranched alkanes of at least 4 members (excludes halogenated alkanes) is 1. The van der Waals surface area contributed by atoms with Crippen LogP contribution in [0, 0.1) is 0 Å². The summed E-state index contributed by atoms with van der Waals surface area (Å²) in [5.41, 5.74) is 2.38. The van der Waals surface area contributed by atoms with Crippen molar-refractivity contribution in [1.82, 2.24) is 0 Å². The largest absolute Gasteiger partial charge is 0.506 e. The zero-order valence-electron chi connectivity index (χ0n) is 9.37. The molecule has 0 atom stereocenters. The third kappa shape index (κ3) is 2.09. The van der Waals surface area contributed by atoms with Gasteiger partial charge in [0.25, 0.3) is 0 Å². The SMILES string of the molecule is CCCCN1CCCc2cccc(O)c21. The van der Waals surface area contributed by atoms with Crippen LogP contribution in [0.25, 0.3) is 0 Å². The van der Waals surface area contributed by atoms with Gasteiger partial charge in [0.15, 0.2) is 0 Å². The van der Waals surface area contributed by atoms with Crippen LogP contribution in [0.3, 0.4) is 0 Å². The number of benzene rings is 1. The maximum absolute atomic E-state index is 9.88. The molecule has 1 aliphatic heterocycles. The Bertz CT molecular complexity index is 335. The first-order chi connectivity index (χ1) is 7.33. The molecule has 2 nitrogen and oxygen atoms in total. The average molecular weight is 205 g/mol. The first-order valence-electron chi connectivity index (χ1n) is 5.88. The van der Waals surface area contributed by atoms with Crippen molar-refractivity contribution in [2.45, 2.75) is 32.6 Å². The van der Waals surface area contributed by atoms with Gasteiger partial charge in [-0.1, -0.05) is 25.5 Å². The van der Waals surface area contributed by atoms with Gasteiger partial charge in [-0.2, -0.15) is 0 Å². The van der Waals surface area contributed by atoms with E-state index in [-0.39, 0.29) is 0 Å². The van der Waals surface area contributed by atoms with Crippen molar-refractivity contribution in [2.75, 3.05) is 18.0 Å². The minimum absolute atomic E-state index is 0.448. The molecule has 1 aromatic carbocycles. The van der Waals surface area contributed by atoms with E-state index in [4.69, 9.17) is 0 Å². The highest BCUT2D eigenvalue weighted by Gasteiger charge is 2.18. The van der Waals surface area contributed by atoms with Crippen molar-refractivity contribution >= 4 is 5.69 Å². The summed E-state index contributed by atoms with van der Waals surface area (Å²) in [5, 5.41) is 9.88. The predicted octanol–water partition coefficient (Wildman–Crippen LogP) is 2.94. The molecule has 2 rings (SSSR count). The number of para-hydroxylation sites is 1. The smallest absolute Gasteiger partial charge is 0.139 e. The first-order valence-corrected chi connectivity index (χ1v) is 5.88. The van der Waals surface area contributed by atoms with Gasteiger partial charge in [0.05, 0.1) is 5.69 Å². The lowest BCUT2D eigenvalue weighted by atomic mass is 10.0. The molecule has 0 bridgehead atoms. The second-order valence-corrected chi connectivity index (χ2v) is 4.23. The third-order valence-electron chi connectivity index (χ3n) is 3.07. The van der Waals surface area contributed by atoms with Crippen LogP contribution in [0.1, 0.15) is 31.7 Å². The molecule has 0 unspecified atom stereocenters. The lowest BCUT2D eigenvalue weighted by Gasteiger charge is -2.31. The summed E-state index contributed by atoms with van der Waals surface area (Å²) in [6.45, 7) is 4.36. The minimum atomic E-state index is 0.448. The summed E-state index contributed by atoms with van der Waals surface area (Å²) >= 11 is 0. The van der Waals surface area contributed by atoms with Crippen LogP contribution in [0.5, 0.6) is 5.75 Å². The van der Waals surface area contributed by atoms with Gasteiger partial charge in [0.1, 0.15) is 5.75 Å². The Morgan fingerprint density at radius 2 is 2.27 bits per heavy atom. The fraction of sp³-hybridized carbons (Fsp3) is 0.538. The number of phenolic OH excluding ortho intramolecular Hbond substituents is 1. The fourth-order valence-corrected chi connectivity index (χ4v) is 2.29. The molecular formula is C13H19NO. The summed E-state index contributed by atoms with van der Waals surface area (Å²) < 4.78 is 0. The molecule has 0 amide bonds. The van der Waals surface area contributed by atoms with E-state index < -0.39 is 0 Å². The van der Waals surface area contributed by atoms with Crippen LogP contribution >= 0.6 is 0 Å². The van der Waals surface area contributed by atoms with E-state index in [0.717, 1.165) is 25.2 Å². The van der Waals surface area contributed by atoms with E-state index in [2.05, 4.69) is 17.9 Å². The lowest BCUT2D eigenvalue weighted by molar-refractivity contribution is 0.469. The summed E-state index contributed by atoms with van der Waals surface area (Å²) in [6, 6.07) is 5.87. The van der Waals surface area contributed by atoms with Gasteiger partial charge < -0.3 is 10.0 Å². The molecule has 1 aliphatic rings. The maximum atomic E-state index is 9.88. The molecule has 1 N–H and O–H groups in total. The van der Waals surface area contributed by atoms with Gasteiger partial charge in [-0.3, -0.25) is 0 Å². The Labute approximate surface area is 91.5 Å². The monoisotopic (exact) mass is 205 g/mol. The molecule has 0 saturated carbocycles. The van der Waals surface area contributed by atoms with Gasteiger partial charge in [0.2, 0.25) is 0 Å². The van der Waals surface area contributed by atoms with Gasteiger partial charge in [-0.15, -0.1) is 0 Å². The van der Waals surface area contributed by atoms with Crippen molar-refractivity contribution < 1.29 is 5.11 Å². The van der Waals surface area contributed by atoms with Gasteiger partial charge in [-0.25, -0.2) is 0 Å². The van der Waals surface area contributed by atoms with E-state index in [0.29, 0.717) is 5.75 Å². The molecule has 0 fully saturated rings. The Kier molecular flexibility index (Phi) is 3.14. The van der Waals surface area contributed by atoms with Crippen LogP contribution in [0.4, 0.5) is 5.69 Å².